The van der Waals surface area contributed by atoms with E-state index in [4.69, 9.17) is 14.2 Å². The van der Waals surface area contributed by atoms with Crippen LogP contribution in [0.4, 0.5) is 0 Å². The summed E-state index contributed by atoms with van der Waals surface area (Å²) in [5.41, 5.74) is 2.05. The molecule has 46 heavy (non-hydrogen) atoms. The Hall–Kier alpha value is -2.91. The number of carbonyl (C=O) groups is 1. The number of aromatic nitrogens is 2. The van der Waals surface area contributed by atoms with Gasteiger partial charge in [0, 0.05) is 45.0 Å². The van der Waals surface area contributed by atoms with E-state index < -0.39 is 0 Å². The van der Waals surface area contributed by atoms with E-state index in [1.807, 2.05) is 48.8 Å². The maximum Gasteiger partial charge on any atom is 0.220 e. The van der Waals surface area contributed by atoms with Gasteiger partial charge in [-0.3, -0.25) is 19.7 Å². The molecule has 0 aliphatic heterocycles. The van der Waals surface area contributed by atoms with Crippen molar-refractivity contribution in [3.05, 3.63) is 84.5 Å². The first-order valence-corrected chi connectivity index (χ1v) is 17.6. The molecule has 1 amide bonds. The Morgan fingerprint density at radius 1 is 0.696 bits per heavy atom. The molecule has 0 fully saturated rings. The van der Waals surface area contributed by atoms with Gasteiger partial charge in [-0.15, -0.1) is 0 Å². The van der Waals surface area contributed by atoms with Crippen LogP contribution >= 0.6 is 0 Å². The number of unbranched alkanes of at least 4 members (excludes halogenated alkanes) is 8. The highest BCUT2D eigenvalue weighted by Crippen LogP contribution is 2.09. The third-order valence-corrected chi connectivity index (χ3v) is 7.44. The highest BCUT2D eigenvalue weighted by Gasteiger charge is 2.09. The fourth-order valence-electron chi connectivity index (χ4n) is 4.84. The molecule has 2 aromatic rings. The molecule has 8 heteroatoms. The molecule has 0 unspecified atom stereocenters. The summed E-state index contributed by atoms with van der Waals surface area (Å²) in [7, 11) is 0. The minimum atomic E-state index is 0.112. The molecule has 0 aliphatic rings. The van der Waals surface area contributed by atoms with E-state index in [0.717, 1.165) is 56.7 Å². The first-order valence-electron chi connectivity index (χ1n) is 17.6. The third kappa shape index (κ3) is 23.4. The van der Waals surface area contributed by atoms with Crippen LogP contribution in [0.15, 0.2) is 73.1 Å². The second kappa shape index (κ2) is 29.5. The summed E-state index contributed by atoms with van der Waals surface area (Å²) < 4.78 is 17.0. The topological polar surface area (TPSA) is 85.8 Å². The molecule has 2 rings (SSSR count). The molecule has 0 bridgehead atoms. The quantitative estimate of drug-likeness (QED) is 0.0704. The molecule has 1 N–H and O–H groups in total. The van der Waals surface area contributed by atoms with E-state index in [9.17, 15) is 4.79 Å². The van der Waals surface area contributed by atoms with Crippen LogP contribution in [0.3, 0.4) is 0 Å². The zero-order valence-corrected chi connectivity index (χ0v) is 28.5. The van der Waals surface area contributed by atoms with Gasteiger partial charge in [-0.25, -0.2) is 0 Å². The van der Waals surface area contributed by atoms with Gasteiger partial charge in [-0.1, -0.05) is 75.5 Å². The standard InChI is InChI=1S/C38H60N4O4/c1-2-3-4-5-6-7-8-9-10-11-12-13-14-15-16-23-38(43)41-26-28-44-30-32-46-33-31-45-29-27-42(34-36-21-17-19-24-39-36)35-37-22-18-20-25-40-37/h6-7,9-10,17-22,24-25H,2-5,8,11-16,23,26-35H2,1H3,(H,41,43)/b7-6-,10-9-. The smallest absolute Gasteiger partial charge is 0.220 e. The second-order valence-corrected chi connectivity index (χ2v) is 11.5. The molecule has 8 nitrogen and oxygen atoms in total. The molecule has 0 aromatic carbocycles. The van der Waals surface area contributed by atoms with Gasteiger partial charge in [-0.05, 0) is 62.8 Å². The summed E-state index contributed by atoms with van der Waals surface area (Å²) in [5, 5.41) is 2.95. The lowest BCUT2D eigenvalue weighted by molar-refractivity contribution is -0.121. The molecular formula is C38H60N4O4. The zero-order chi connectivity index (χ0) is 32.6. The highest BCUT2D eigenvalue weighted by atomic mass is 16.5. The summed E-state index contributed by atoms with van der Waals surface area (Å²) in [5.74, 6) is 0.112. The summed E-state index contributed by atoms with van der Waals surface area (Å²) >= 11 is 0. The van der Waals surface area contributed by atoms with Gasteiger partial charge in [-0.2, -0.15) is 0 Å². The third-order valence-electron chi connectivity index (χ3n) is 7.44. The van der Waals surface area contributed by atoms with E-state index in [0.29, 0.717) is 52.6 Å². The number of carbonyl (C=O) groups excluding carboxylic acids is 1. The van der Waals surface area contributed by atoms with Crippen molar-refractivity contribution >= 4 is 5.91 Å². The van der Waals surface area contributed by atoms with Gasteiger partial charge in [0.15, 0.2) is 0 Å². The Kier molecular flexibility index (Phi) is 25.2. The fourth-order valence-corrected chi connectivity index (χ4v) is 4.84. The number of nitrogens with zero attached hydrogens (tertiary/aromatic N) is 3. The van der Waals surface area contributed by atoms with E-state index in [-0.39, 0.29) is 5.91 Å². The zero-order valence-electron chi connectivity index (χ0n) is 28.5. The number of hydrogen-bond acceptors (Lipinski definition) is 7. The number of nitrogens with one attached hydrogen (secondary N) is 1. The van der Waals surface area contributed by atoms with E-state index in [1.54, 1.807) is 0 Å². The van der Waals surface area contributed by atoms with Crippen molar-refractivity contribution in [1.82, 2.24) is 20.2 Å². The summed E-state index contributed by atoms with van der Waals surface area (Å²) in [6, 6.07) is 12.0. The number of hydrogen-bond donors (Lipinski definition) is 1. The van der Waals surface area contributed by atoms with Crippen LogP contribution in [-0.4, -0.2) is 73.5 Å². The average Bonchev–Trinajstić information content (AvgIpc) is 3.08. The van der Waals surface area contributed by atoms with Crippen LogP contribution in [0.1, 0.15) is 95.4 Å². The summed E-state index contributed by atoms with van der Waals surface area (Å²) in [6.07, 6.45) is 26.5. The predicted octanol–water partition coefficient (Wildman–Crippen LogP) is 7.46. The van der Waals surface area contributed by atoms with Crippen LogP contribution in [0, 0.1) is 0 Å². The lowest BCUT2D eigenvalue weighted by Crippen LogP contribution is -2.28. The Balaban J connectivity index is 1.34. The Morgan fingerprint density at radius 2 is 1.26 bits per heavy atom. The highest BCUT2D eigenvalue weighted by molar-refractivity contribution is 5.75. The Labute approximate surface area is 279 Å². The molecule has 2 aromatic heterocycles. The van der Waals surface area contributed by atoms with Gasteiger partial charge in [0.05, 0.1) is 51.0 Å². The summed E-state index contributed by atoms with van der Waals surface area (Å²) in [6.45, 7) is 8.21. The number of pyridine rings is 2. The maximum atomic E-state index is 12.0. The number of rotatable bonds is 30. The minimum Gasteiger partial charge on any atom is -0.378 e. The van der Waals surface area contributed by atoms with Crippen LogP contribution in [0.5, 0.6) is 0 Å². The second-order valence-electron chi connectivity index (χ2n) is 11.5. The van der Waals surface area contributed by atoms with Gasteiger partial charge >= 0.3 is 0 Å². The van der Waals surface area contributed by atoms with Gasteiger partial charge < -0.3 is 19.5 Å². The first kappa shape index (κ1) is 39.3. The van der Waals surface area contributed by atoms with Crippen molar-refractivity contribution in [2.24, 2.45) is 0 Å². The molecule has 0 radical (unpaired) electrons. The van der Waals surface area contributed by atoms with Gasteiger partial charge in [0.2, 0.25) is 5.91 Å². The molecule has 0 aliphatic carbocycles. The lowest BCUT2D eigenvalue weighted by Gasteiger charge is -2.21. The van der Waals surface area contributed by atoms with E-state index in [1.165, 1.54) is 44.9 Å². The molecule has 2 heterocycles. The summed E-state index contributed by atoms with van der Waals surface area (Å²) in [4.78, 5) is 23.2. The van der Waals surface area contributed by atoms with Crippen molar-refractivity contribution < 1.29 is 19.0 Å². The number of allylic oxidation sites excluding steroid dienone is 4. The monoisotopic (exact) mass is 636 g/mol. The van der Waals surface area contributed by atoms with Gasteiger partial charge in [0.25, 0.3) is 0 Å². The van der Waals surface area contributed by atoms with Crippen LogP contribution in [0.2, 0.25) is 0 Å². The van der Waals surface area contributed by atoms with Crippen molar-refractivity contribution in [3.63, 3.8) is 0 Å². The fraction of sp³-hybridized carbons (Fsp3) is 0.605. The maximum absolute atomic E-state index is 12.0. The van der Waals surface area contributed by atoms with Crippen molar-refractivity contribution in [1.29, 1.82) is 0 Å². The SMILES string of the molecule is CCCCC/C=C\C/C=C\CCCCCCCC(=O)NCCOCCOCCOCCN(Cc1ccccn1)Cc1ccccn1. The van der Waals surface area contributed by atoms with E-state index in [2.05, 4.69) is 51.4 Å². The van der Waals surface area contributed by atoms with Crippen molar-refractivity contribution in [2.45, 2.75) is 97.1 Å². The van der Waals surface area contributed by atoms with Crippen LogP contribution < -0.4 is 5.32 Å². The number of amides is 1. The molecule has 0 spiro atoms. The predicted molar refractivity (Wildman–Crippen MR) is 187 cm³/mol. The van der Waals surface area contributed by atoms with Crippen LogP contribution in [0.25, 0.3) is 0 Å². The van der Waals surface area contributed by atoms with Crippen LogP contribution in [-0.2, 0) is 32.1 Å². The van der Waals surface area contributed by atoms with E-state index >= 15 is 0 Å². The molecular weight excluding hydrogens is 576 g/mol. The van der Waals surface area contributed by atoms with Crippen molar-refractivity contribution in [2.75, 3.05) is 52.7 Å². The normalized spacial score (nSPS) is 11.7. The Morgan fingerprint density at radius 3 is 1.87 bits per heavy atom. The lowest BCUT2D eigenvalue weighted by atomic mass is 10.1. The minimum absolute atomic E-state index is 0.112. The molecule has 0 saturated carbocycles. The molecule has 256 valence electrons. The molecule has 0 saturated heterocycles. The molecule has 0 atom stereocenters. The largest absolute Gasteiger partial charge is 0.378 e. The number of ether oxygens (including phenoxy) is 3. The Bertz CT molecular complexity index is 978. The van der Waals surface area contributed by atoms with Gasteiger partial charge in [0.1, 0.15) is 0 Å². The van der Waals surface area contributed by atoms with Crippen molar-refractivity contribution in [3.8, 4) is 0 Å². The first-order chi connectivity index (χ1) is 22.8. The average molecular weight is 637 g/mol.